The molecule has 0 fully saturated rings. The van der Waals surface area contributed by atoms with E-state index in [1.54, 1.807) is 37.4 Å². The van der Waals surface area contributed by atoms with Gasteiger partial charge >= 0.3 is 5.97 Å². The lowest BCUT2D eigenvalue weighted by atomic mass is 9.97. The van der Waals surface area contributed by atoms with E-state index in [1.165, 1.54) is 0 Å². The molecule has 0 saturated carbocycles. The maximum absolute atomic E-state index is 12.2. The lowest BCUT2D eigenvalue weighted by Gasteiger charge is -2.18. The lowest BCUT2D eigenvalue weighted by Crippen LogP contribution is -2.37. The first-order valence-corrected chi connectivity index (χ1v) is 8.19. The predicted octanol–water partition coefficient (Wildman–Crippen LogP) is 2.94. The molecular weight excluding hydrogens is 334 g/mol. The van der Waals surface area contributed by atoms with Crippen molar-refractivity contribution in [2.24, 2.45) is 0 Å². The van der Waals surface area contributed by atoms with Gasteiger partial charge < -0.3 is 19.9 Å². The third-order valence-corrected chi connectivity index (χ3v) is 4.25. The van der Waals surface area contributed by atoms with Gasteiger partial charge in [-0.3, -0.25) is 4.79 Å². The average molecular weight is 357 g/mol. The van der Waals surface area contributed by atoms with Crippen molar-refractivity contribution in [3.8, 4) is 11.5 Å². The summed E-state index contributed by atoms with van der Waals surface area (Å²) in [5.41, 5.74) is 3.25. The number of rotatable bonds is 7. The Hall–Kier alpha value is -3.02. The molecule has 26 heavy (non-hydrogen) atoms. The van der Waals surface area contributed by atoms with E-state index in [4.69, 9.17) is 9.47 Å². The predicted molar refractivity (Wildman–Crippen MR) is 97.7 cm³/mol. The van der Waals surface area contributed by atoms with Crippen molar-refractivity contribution in [2.45, 2.75) is 26.8 Å². The third kappa shape index (κ3) is 4.53. The number of hydrogen-bond acceptors (Lipinski definition) is 4. The van der Waals surface area contributed by atoms with Crippen molar-refractivity contribution in [1.82, 2.24) is 5.32 Å². The van der Waals surface area contributed by atoms with Crippen molar-refractivity contribution in [3.05, 3.63) is 58.7 Å². The highest BCUT2D eigenvalue weighted by Crippen LogP contribution is 2.23. The summed E-state index contributed by atoms with van der Waals surface area (Å²) in [5, 5.41) is 12.0. The molecule has 0 aliphatic carbocycles. The van der Waals surface area contributed by atoms with E-state index < -0.39 is 17.9 Å². The van der Waals surface area contributed by atoms with E-state index in [-0.39, 0.29) is 6.61 Å². The molecule has 0 saturated heterocycles. The Morgan fingerprint density at radius 3 is 2.46 bits per heavy atom. The van der Waals surface area contributed by atoms with Crippen LogP contribution in [0.15, 0.2) is 36.4 Å². The number of ether oxygens (including phenoxy) is 2. The zero-order valence-corrected chi connectivity index (χ0v) is 15.3. The number of benzene rings is 2. The molecule has 6 heteroatoms. The van der Waals surface area contributed by atoms with Gasteiger partial charge in [0.05, 0.1) is 7.11 Å². The Morgan fingerprint density at radius 1 is 1.12 bits per heavy atom. The Balaban J connectivity index is 2.05. The van der Waals surface area contributed by atoms with Crippen LogP contribution in [0.5, 0.6) is 11.5 Å². The molecule has 0 heterocycles. The lowest BCUT2D eigenvalue weighted by molar-refractivity contribution is -0.142. The number of aryl methyl sites for hydroxylation is 2. The summed E-state index contributed by atoms with van der Waals surface area (Å²) in [6.45, 7) is 5.32. The molecule has 2 aromatic rings. The fraction of sp³-hybridized carbons (Fsp3) is 0.300. The minimum Gasteiger partial charge on any atom is -0.496 e. The first kappa shape index (κ1) is 19.3. The van der Waals surface area contributed by atoms with Gasteiger partial charge in [-0.2, -0.15) is 0 Å². The normalized spacial score (nSPS) is 11.5. The number of carbonyl (C=O) groups excluding carboxylic acids is 1. The number of carbonyl (C=O) groups is 2. The minimum atomic E-state index is -1.12. The highest BCUT2D eigenvalue weighted by molar-refractivity contribution is 5.85. The molecule has 2 aromatic carbocycles. The van der Waals surface area contributed by atoms with E-state index in [1.807, 2.05) is 26.8 Å². The number of nitrogens with one attached hydrogen (secondary N) is 1. The van der Waals surface area contributed by atoms with Gasteiger partial charge in [0.15, 0.2) is 12.6 Å². The molecule has 1 amide bonds. The fourth-order valence-electron chi connectivity index (χ4n) is 2.65. The van der Waals surface area contributed by atoms with Gasteiger partial charge in [-0.15, -0.1) is 0 Å². The Labute approximate surface area is 152 Å². The molecule has 0 aromatic heterocycles. The number of amides is 1. The van der Waals surface area contributed by atoms with Crippen LogP contribution in [0.2, 0.25) is 0 Å². The van der Waals surface area contributed by atoms with Crippen LogP contribution in [0.25, 0.3) is 0 Å². The first-order valence-electron chi connectivity index (χ1n) is 8.19. The molecule has 6 nitrogen and oxygen atoms in total. The maximum atomic E-state index is 12.2. The van der Waals surface area contributed by atoms with Gasteiger partial charge in [-0.1, -0.05) is 18.2 Å². The molecule has 1 atom stereocenters. The summed E-state index contributed by atoms with van der Waals surface area (Å²) in [4.78, 5) is 23.8. The van der Waals surface area contributed by atoms with Crippen LogP contribution >= 0.6 is 0 Å². The molecule has 0 radical (unpaired) electrons. The molecule has 0 aliphatic rings. The van der Waals surface area contributed by atoms with Gasteiger partial charge in [-0.05, 0) is 61.2 Å². The molecular formula is C20H23NO5. The molecule has 0 bridgehead atoms. The molecule has 0 aliphatic heterocycles. The van der Waals surface area contributed by atoms with Crippen molar-refractivity contribution < 1.29 is 24.2 Å². The molecule has 0 spiro atoms. The SMILES string of the molecule is COc1ccc(OCC(=O)NC(C(=O)O)c2cccc(C)c2C)cc1C. The largest absolute Gasteiger partial charge is 0.496 e. The van der Waals surface area contributed by atoms with Crippen molar-refractivity contribution in [3.63, 3.8) is 0 Å². The van der Waals surface area contributed by atoms with E-state index in [0.29, 0.717) is 11.3 Å². The zero-order valence-electron chi connectivity index (χ0n) is 15.3. The summed E-state index contributed by atoms with van der Waals surface area (Å²) in [5.74, 6) is -0.390. The second kappa shape index (κ2) is 8.38. The highest BCUT2D eigenvalue weighted by atomic mass is 16.5. The highest BCUT2D eigenvalue weighted by Gasteiger charge is 2.24. The number of hydrogen-bond donors (Lipinski definition) is 2. The molecule has 2 N–H and O–H groups in total. The van der Waals surface area contributed by atoms with Crippen molar-refractivity contribution in [2.75, 3.05) is 13.7 Å². The van der Waals surface area contributed by atoms with Gasteiger partial charge in [-0.25, -0.2) is 4.79 Å². The molecule has 138 valence electrons. The summed E-state index contributed by atoms with van der Waals surface area (Å²) in [7, 11) is 1.58. The standard InChI is InChI=1S/C20H23NO5/c1-12-6-5-7-16(14(12)3)19(20(23)24)21-18(22)11-26-15-8-9-17(25-4)13(2)10-15/h5-10,19H,11H2,1-4H3,(H,21,22)(H,23,24). The van der Waals surface area contributed by atoms with E-state index >= 15 is 0 Å². The third-order valence-electron chi connectivity index (χ3n) is 4.25. The molecule has 2 rings (SSSR count). The fourth-order valence-corrected chi connectivity index (χ4v) is 2.65. The Morgan fingerprint density at radius 2 is 1.85 bits per heavy atom. The zero-order chi connectivity index (χ0) is 19.3. The van der Waals surface area contributed by atoms with Crippen molar-refractivity contribution >= 4 is 11.9 Å². The Bertz CT molecular complexity index is 816. The van der Waals surface area contributed by atoms with E-state index in [9.17, 15) is 14.7 Å². The smallest absolute Gasteiger partial charge is 0.330 e. The summed E-state index contributed by atoms with van der Waals surface area (Å²) in [6, 6.07) is 9.45. The monoisotopic (exact) mass is 357 g/mol. The van der Waals surface area contributed by atoms with Crippen LogP contribution in [0, 0.1) is 20.8 Å². The van der Waals surface area contributed by atoms with Gasteiger partial charge in [0.1, 0.15) is 11.5 Å². The van der Waals surface area contributed by atoms with E-state index in [0.717, 1.165) is 22.4 Å². The van der Waals surface area contributed by atoms with Gasteiger partial charge in [0.2, 0.25) is 0 Å². The summed E-state index contributed by atoms with van der Waals surface area (Å²) < 4.78 is 10.6. The van der Waals surface area contributed by atoms with Crippen LogP contribution < -0.4 is 14.8 Å². The van der Waals surface area contributed by atoms with E-state index in [2.05, 4.69) is 5.32 Å². The number of methoxy groups -OCH3 is 1. The number of carboxylic acid groups (broad SMARTS) is 1. The number of aliphatic carboxylic acids is 1. The Kier molecular flexibility index (Phi) is 6.22. The first-order chi connectivity index (χ1) is 12.3. The van der Waals surface area contributed by atoms with Crippen LogP contribution in [0.1, 0.15) is 28.3 Å². The van der Waals surface area contributed by atoms with Crippen LogP contribution in [-0.2, 0) is 9.59 Å². The summed E-state index contributed by atoms with van der Waals surface area (Å²) >= 11 is 0. The van der Waals surface area contributed by atoms with Crippen LogP contribution in [0.4, 0.5) is 0 Å². The quantitative estimate of drug-likeness (QED) is 0.796. The second-order valence-electron chi connectivity index (χ2n) is 6.05. The van der Waals surface area contributed by atoms with Gasteiger partial charge in [0, 0.05) is 0 Å². The van der Waals surface area contributed by atoms with Crippen LogP contribution in [0.3, 0.4) is 0 Å². The number of carboxylic acids is 1. The molecule has 1 unspecified atom stereocenters. The second-order valence-corrected chi connectivity index (χ2v) is 6.05. The average Bonchev–Trinajstić information content (AvgIpc) is 2.60. The van der Waals surface area contributed by atoms with Crippen molar-refractivity contribution in [1.29, 1.82) is 0 Å². The maximum Gasteiger partial charge on any atom is 0.330 e. The summed E-state index contributed by atoms with van der Waals surface area (Å²) in [6.07, 6.45) is 0. The van der Waals surface area contributed by atoms with Gasteiger partial charge in [0.25, 0.3) is 5.91 Å². The minimum absolute atomic E-state index is 0.277. The van der Waals surface area contributed by atoms with Crippen LogP contribution in [-0.4, -0.2) is 30.7 Å². The topological polar surface area (TPSA) is 84.9 Å².